The first kappa shape index (κ1) is 12.3. The summed E-state index contributed by atoms with van der Waals surface area (Å²) in [6, 6.07) is 13.5. The Morgan fingerprint density at radius 2 is 1.90 bits per heavy atom. The highest BCUT2D eigenvalue weighted by Crippen LogP contribution is 2.27. The third kappa shape index (κ3) is 2.23. The molecule has 0 atom stereocenters. The number of aromatic hydroxyl groups is 1. The SMILES string of the molecule is Oc1cccc(-c2nc3ccc(N4CCCC4)cc3[nH]2)c1. The highest BCUT2D eigenvalue weighted by molar-refractivity contribution is 5.83. The second-order valence-corrected chi connectivity index (χ2v) is 5.53. The Hall–Kier alpha value is -2.49. The van der Waals surface area contributed by atoms with E-state index in [1.807, 2.05) is 12.1 Å². The molecule has 1 aliphatic rings. The fraction of sp³-hybridized carbons (Fsp3) is 0.235. The molecule has 2 aromatic carbocycles. The second-order valence-electron chi connectivity index (χ2n) is 5.53. The van der Waals surface area contributed by atoms with Crippen molar-refractivity contribution in [3.8, 4) is 17.1 Å². The first-order valence-electron chi connectivity index (χ1n) is 7.34. The van der Waals surface area contributed by atoms with E-state index in [0.29, 0.717) is 0 Å². The molecule has 0 spiro atoms. The van der Waals surface area contributed by atoms with E-state index in [1.54, 1.807) is 12.1 Å². The molecule has 0 unspecified atom stereocenters. The second kappa shape index (κ2) is 4.81. The molecule has 4 heteroatoms. The third-order valence-electron chi connectivity index (χ3n) is 4.06. The molecular formula is C17H17N3O. The van der Waals surface area contributed by atoms with E-state index in [4.69, 9.17) is 0 Å². The first-order valence-corrected chi connectivity index (χ1v) is 7.34. The average Bonchev–Trinajstić information content (AvgIpc) is 3.16. The van der Waals surface area contributed by atoms with E-state index in [0.717, 1.165) is 35.5 Å². The van der Waals surface area contributed by atoms with Gasteiger partial charge in [-0.15, -0.1) is 0 Å². The van der Waals surface area contributed by atoms with E-state index < -0.39 is 0 Å². The number of anilines is 1. The van der Waals surface area contributed by atoms with Crippen LogP contribution in [0.5, 0.6) is 5.75 Å². The summed E-state index contributed by atoms with van der Waals surface area (Å²) in [7, 11) is 0. The minimum atomic E-state index is 0.255. The zero-order chi connectivity index (χ0) is 14.2. The maximum absolute atomic E-state index is 9.59. The number of phenols is 1. The van der Waals surface area contributed by atoms with Crippen LogP contribution in [0.3, 0.4) is 0 Å². The van der Waals surface area contributed by atoms with Crippen molar-refractivity contribution in [3.63, 3.8) is 0 Å². The van der Waals surface area contributed by atoms with Crippen molar-refractivity contribution in [2.45, 2.75) is 12.8 Å². The molecule has 1 aliphatic heterocycles. The number of nitrogens with zero attached hydrogens (tertiary/aromatic N) is 2. The van der Waals surface area contributed by atoms with Gasteiger partial charge in [-0.2, -0.15) is 0 Å². The summed E-state index contributed by atoms with van der Waals surface area (Å²) in [6.07, 6.45) is 2.55. The Morgan fingerprint density at radius 1 is 1.05 bits per heavy atom. The van der Waals surface area contributed by atoms with Gasteiger partial charge >= 0.3 is 0 Å². The van der Waals surface area contributed by atoms with Crippen LogP contribution in [0.4, 0.5) is 5.69 Å². The number of rotatable bonds is 2. The standard InChI is InChI=1S/C17H17N3O/c21-14-5-3-4-12(10-14)17-18-15-7-6-13(11-16(15)19-17)20-8-1-2-9-20/h3-7,10-11,21H,1-2,8-9H2,(H,18,19). The minimum absolute atomic E-state index is 0.255. The van der Waals surface area contributed by atoms with Crippen LogP contribution in [0.2, 0.25) is 0 Å². The Kier molecular flexibility index (Phi) is 2.81. The molecule has 0 radical (unpaired) electrons. The Bertz CT molecular complexity index is 788. The molecule has 106 valence electrons. The Morgan fingerprint density at radius 3 is 2.71 bits per heavy atom. The molecule has 1 fully saturated rings. The summed E-state index contributed by atoms with van der Waals surface area (Å²) >= 11 is 0. The molecule has 0 saturated carbocycles. The van der Waals surface area contributed by atoms with Crippen LogP contribution in [0, 0.1) is 0 Å². The summed E-state index contributed by atoms with van der Waals surface area (Å²) in [5.74, 6) is 1.05. The molecule has 0 amide bonds. The lowest BCUT2D eigenvalue weighted by Crippen LogP contribution is -2.17. The maximum atomic E-state index is 9.59. The fourth-order valence-corrected chi connectivity index (χ4v) is 2.96. The lowest BCUT2D eigenvalue weighted by atomic mass is 10.2. The molecule has 2 heterocycles. The predicted molar refractivity (Wildman–Crippen MR) is 84.6 cm³/mol. The topological polar surface area (TPSA) is 52.2 Å². The quantitative estimate of drug-likeness (QED) is 0.754. The van der Waals surface area contributed by atoms with Crippen LogP contribution in [-0.2, 0) is 0 Å². The predicted octanol–water partition coefficient (Wildman–Crippen LogP) is 3.54. The monoisotopic (exact) mass is 279 g/mol. The molecule has 0 aliphatic carbocycles. The highest BCUT2D eigenvalue weighted by atomic mass is 16.3. The van der Waals surface area contributed by atoms with Gasteiger partial charge in [0.15, 0.2) is 0 Å². The zero-order valence-corrected chi connectivity index (χ0v) is 11.7. The summed E-state index contributed by atoms with van der Waals surface area (Å²) in [4.78, 5) is 10.4. The minimum Gasteiger partial charge on any atom is -0.508 e. The van der Waals surface area contributed by atoms with Gasteiger partial charge in [-0.3, -0.25) is 0 Å². The third-order valence-corrected chi connectivity index (χ3v) is 4.06. The van der Waals surface area contributed by atoms with E-state index in [2.05, 4.69) is 33.1 Å². The van der Waals surface area contributed by atoms with Gasteiger partial charge in [-0.05, 0) is 43.2 Å². The van der Waals surface area contributed by atoms with Gasteiger partial charge in [0.1, 0.15) is 11.6 Å². The van der Waals surface area contributed by atoms with Crippen LogP contribution in [0.25, 0.3) is 22.4 Å². The number of aromatic nitrogens is 2. The van der Waals surface area contributed by atoms with E-state index >= 15 is 0 Å². The summed E-state index contributed by atoms with van der Waals surface area (Å²) in [5, 5.41) is 9.59. The van der Waals surface area contributed by atoms with Gasteiger partial charge in [0.2, 0.25) is 0 Å². The normalized spacial score (nSPS) is 15.0. The van der Waals surface area contributed by atoms with Gasteiger partial charge in [0, 0.05) is 24.3 Å². The molecule has 4 rings (SSSR count). The summed E-state index contributed by atoms with van der Waals surface area (Å²) < 4.78 is 0. The van der Waals surface area contributed by atoms with Crippen LogP contribution < -0.4 is 4.90 Å². The van der Waals surface area contributed by atoms with Crippen LogP contribution in [0.15, 0.2) is 42.5 Å². The molecule has 1 aromatic heterocycles. The number of H-pyrrole nitrogens is 1. The zero-order valence-electron chi connectivity index (χ0n) is 11.7. The van der Waals surface area contributed by atoms with Crippen LogP contribution in [-0.4, -0.2) is 28.2 Å². The fourth-order valence-electron chi connectivity index (χ4n) is 2.96. The number of hydrogen-bond donors (Lipinski definition) is 2. The van der Waals surface area contributed by atoms with E-state index in [1.165, 1.54) is 18.5 Å². The maximum Gasteiger partial charge on any atom is 0.138 e. The summed E-state index contributed by atoms with van der Waals surface area (Å²) in [5.41, 5.74) is 4.15. The van der Waals surface area contributed by atoms with Crippen molar-refractivity contribution in [2.75, 3.05) is 18.0 Å². The Balaban J connectivity index is 1.75. The molecule has 2 N–H and O–H groups in total. The number of phenolic OH excluding ortho intramolecular Hbond substituents is 1. The Labute approximate surface area is 123 Å². The molecule has 4 nitrogen and oxygen atoms in total. The van der Waals surface area contributed by atoms with Gasteiger partial charge in [0.05, 0.1) is 11.0 Å². The van der Waals surface area contributed by atoms with Gasteiger partial charge in [-0.25, -0.2) is 4.98 Å². The van der Waals surface area contributed by atoms with Crippen molar-refractivity contribution in [1.82, 2.24) is 9.97 Å². The van der Waals surface area contributed by atoms with Gasteiger partial charge in [-0.1, -0.05) is 12.1 Å². The lowest BCUT2D eigenvalue weighted by molar-refractivity contribution is 0.475. The molecule has 3 aromatic rings. The molecule has 0 bridgehead atoms. The number of nitrogens with one attached hydrogen (secondary N) is 1. The number of aromatic amines is 1. The van der Waals surface area contributed by atoms with Crippen LogP contribution >= 0.6 is 0 Å². The van der Waals surface area contributed by atoms with Crippen molar-refractivity contribution in [3.05, 3.63) is 42.5 Å². The number of hydrogen-bond acceptors (Lipinski definition) is 3. The van der Waals surface area contributed by atoms with Crippen molar-refractivity contribution >= 4 is 16.7 Å². The molecular weight excluding hydrogens is 262 g/mol. The summed E-state index contributed by atoms with van der Waals surface area (Å²) in [6.45, 7) is 2.28. The van der Waals surface area contributed by atoms with Crippen molar-refractivity contribution in [1.29, 1.82) is 0 Å². The van der Waals surface area contributed by atoms with Crippen molar-refractivity contribution in [2.24, 2.45) is 0 Å². The lowest BCUT2D eigenvalue weighted by Gasteiger charge is -2.17. The van der Waals surface area contributed by atoms with Gasteiger partial charge < -0.3 is 15.0 Å². The van der Waals surface area contributed by atoms with Gasteiger partial charge in [0.25, 0.3) is 0 Å². The van der Waals surface area contributed by atoms with Crippen LogP contribution in [0.1, 0.15) is 12.8 Å². The highest BCUT2D eigenvalue weighted by Gasteiger charge is 2.13. The first-order chi connectivity index (χ1) is 10.3. The number of imidazole rings is 1. The largest absolute Gasteiger partial charge is 0.508 e. The number of benzene rings is 2. The number of fused-ring (bicyclic) bond motifs is 1. The average molecular weight is 279 g/mol. The van der Waals surface area contributed by atoms with E-state index in [-0.39, 0.29) is 5.75 Å². The molecule has 1 saturated heterocycles. The van der Waals surface area contributed by atoms with Crippen molar-refractivity contribution < 1.29 is 5.11 Å². The van der Waals surface area contributed by atoms with E-state index in [9.17, 15) is 5.11 Å². The smallest absolute Gasteiger partial charge is 0.138 e. The molecule has 21 heavy (non-hydrogen) atoms.